The van der Waals surface area contributed by atoms with Crippen molar-refractivity contribution in [1.82, 2.24) is 5.32 Å². The van der Waals surface area contributed by atoms with E-state index in [4.69, 9.17) is 9.47 Å². The van der Waals surface area contributed by atoms with Crippen molar-refractivity contribution in [2.75, 3.05) is 24.7 Å². The average Bonchev–Trinajstić information content (AvgIpc) is 2.79. The molecule has 0 aromatic heterocycles. The van der Waals surface area contributed by atoms with E-state index in [0.29, 0.717) is 36.4 Å². The van der Waals surface area contributed by atoms with Gasteiger partial charge < -0.3 is 19.7 Å². The normalized spacial score (nSPS) is 13.7. The minimum absolute atomic E-state index is 0.00499. The minimum atomic E-state index is -0.548. The number of amides is 2. The molecule has 7 nitrogen and oxygen atoms in total. The maximum atomic E-state index is 13.7. The third-order valence-corrected chi connectivity index (χ3v) is 5.22. The Hall–Kier alpha value is -3.42. The molecule has 2 aromatic carbocycles. The molecule has 2 aromatic rings. The molecule has 2 amide bonds. The van der Waals surface area contributed by atoms with Gasteiger partial charge in [0.2, 0.25) is 5.91 Å². The molecule has 1 atom stereocenters. The van der Waals surface area contributed by atoms with Crippen LogP contribution < -0.4 is 19.7 Å². The molecule has 0 aliphatic carbocycles. The van der Waals surface area contributed by atoms with Crippen molar-refractivity contribution < 1.29 is 28.2 Å². The van der Waals surface area contributed by atoms with Crippen LogP contribution in [0.2, 0.25) is 0 Å². The molecule has 0 spiro atoms. The van der Waals surface area contributed by atoms with Gasteiger partial charge in [-0.15, -0.1) is 0 Å². The van der Waals surface area contributed by atoms with Crippen LogP contribution in [0.1, 0.15) is 43.5 Å². The summed E-state index contributed by atoms with van der Waals surface area (Å²) in [5.74, 6) is -0.730. The molecule has 1 aliphatic heterocycles. The van der Waals surface area contributed by atoms with Crippen LogP contribution in [-0.2, 0) is 9.59 Å². The molecule has 3 rings (SSSR count). The Balaban J connectivity index is 1.65. The van der Waals surface area contributed by atoms with Crippen LogP contribution in [0.25, 0.3) is 0 Å². The first-order valence-corrected chi connectivity index (χ1v) is 10.7. The molecular weight excluding hydrogens is 415 g/mol. The molecule has 8 heteroatoms. The number of nitrogens with zero attached hydrogens (tertiary/aromatic N) is 1. The first-order chi connectivity index (χ1) is 15.4. The van der Waals surface area contributed by atoms with Crippen LogP contribution in [0.15, 0.2) is 42.5 Å². The summed E-state index contributed by atoms with van der Waals surface area (Å²) in [4.78, 5) is 38.6. The number of para-hydroxylation sites is 1. The van der Waals surface area contributed by atoms with Crippen LogP contribution in [0.5, 0.6) is 11.5 Å². The Bertz CT molecular complexity index is 994. The number of halogens is 1. The fourth-order valence-corrected chi connectivity index (χ4v) is 3.26. The second-order valence-corrected chi connectivity index (χ2v) is 7.64. The summed E-state index contributed by atoms with van der Waals surface area (Å²) in [7, 11) is 0. The first kappa shape index (κ1) is 23.2. The standard InChI is InChI=1S/C24H27FN2O5/c1-3-16(2)26-23(29)9-6-12-27-19-13-17(10-11-22(19)32-15-24(27)30)20(28)14-31-21-8-5-4-7-18(21)25/h4-5,7-8,10-11,13,16H,3,6,9,12,14-15H2,1-2H3,(H,26,29). The third-order valence-electron chi connectivity index (χ3n) is 5.22. The number of nitrogens with one attached hydrogen (secondary N) is 1. The molecule has 1 aliphatic rings. The van der Waals surface area contributed by atoms with Crippen molar-refractivity contribution in [3.63, 3.8) is 0 Å². The van der Waals surface area contributed by atoms with Crippen molar-refractivity contribution in [1.29, 1.82) is 0 Å². The van der Waals surface area contributed by atoms with E-state index in [9.17, 15) is 18.8 Å². The number of benzene rings is 2. The maximum absolute atomic E-state index is 13.7. The van der Waals surface area contributed by atoms with E-state index in [0.717, 1.165) is 6.42 Å². The number of ether oxygens (including phenoxy) is 2. The van der Waals surface area contributed by atoms with Gasteiger partial charge in [-0.25, -0.2) is 4.39 Å². The quantitative estimate of drug-likeness (QED) is 0.569. The number of Topliss-reactive ketones (excluding diaryl/α,β-unsaturated/α-hetero) is 1. The zero-order valence-electron chi connectivity index (χ0n) is 18.2. The van der Waals surface area contributed by atoms with E-state index < -0.39 is 5.82 Å². The van der Waals surface area contributed by atoms with Gasteiger partial charge in [0, 0.05) is 24.6 Å². The van der Waals surface area contributed by atoms with Gasteiger partial charge in [0.1, 0.15) is 5.75 Å². The molecule has 1 unspecified atom stereocenters. The highest BCUT2D eigenvalue weighted by atomic mass is 19.1. The lowest BCUT2D eigenvalue weighted by atomic mass is 10.1. The largest absolute Gasteiger partial charge is 0.482 e. The average molecular weight is 442 g/mol. The Kier molecular flexibility index (Phi) is 7.81. The van der Waals surface area contributed by atoms with Gasteiger partial charge in [-0.05, 0) is 50.1 Å². The van der Waals surface area contributed by atoms with Crippen LogP contribution in [-0.4, -0.2) is 43.4 Å². The highest BCUT2D eigenvalue weighted by Crippen LogP contribution is 2.33. The summed E-state index contributed by atoms with van der Waals surface area (Å²) < 4.78 is 24.5. The number of carbonyl (C=O) groups excluding carboxylic acids is 3. The fraction of sp³-hybridized carbons (Fsp3) is 0.375. The van der Waals surface area contributed by atoms with Crippen molar-refractivity contribution >= 4 is 23.3 Å². The monoisotopic (exact) mass is 442 g/mol. The van der Waals surface area contributed by atoms with Crippen LogP contribution in [0.3, 0.4) is 0 Å². The molecule has 1 N–H and O–H groups in total. The zero-order valence-corrected chi connectivity index (χ0v) is 18.2. The van der Waals surface area contributed by atoms with Gasteiger partial charge in [0.15, 0.2) is 30.6 Å². The number of hydrogen-bond donors (Lipinski definition) is 1. The SMILES string of the molecule is CCC(C)NC(=O)CCCN1C(=O)COc2ccc(C(=O)COc3ccccc3F)cc21. The molecule has 170 valence electrons. The lowest BCUT2D eigenvalue weighted by Gasteiger charge is -2.29. The highest BCUT2D eigenvalue weighted by molar-refractivity contribution is 6.02. The Labute approximate surface area is 186 Å². The van der Waals surface area contributed by atoms with E-state index in [1.807, 2.05) is 13.8 Å². The number of hydrogen-bond acceptors (Lipinski definition) is 5. The highest BCUT2D eigenvalue weighted by Gasteiger charge is 2.26. The maximum Gasteiger partial charge on any atom is 0.265 e. The Morgan fingerprint density at radius 2 is 2.03 bits per heavy atom. The van der Waals surface area contributed by atoms with Gasteiger partial charge in [-0.2, -0.15) is 0 Å². The predicted octanol–water partition coefficient (Wildman–Crippen LogP) is 3.51. The van der Waals surface area contributed by atoms with Crippen molar-refractivity contribution in [2.24, 2.45) is 0 Å². The molecular formula is C24H27FN2O5. The smallest absolute Gasteiger partial charge is 0.265 e. The van der Waals surface area contributed by atoms with Gasteiger partial charge >= 0.3 is 0 Å². The second-order valence-electron chi connectivity index (χ2n) is 7.64. The topological polar surface area (TPSA) is 84.9 Å². The van der Waals surface area contributed by atoms with E-state index in [1.165, 1.54) is 23.1 Å². The number of carbonyl (C=O) groups is 3. The molecule has 0 bridgehead atoms. The lowest BCUT2D eigenvalue weighted by molar-refractivity contribution is -0.123. The van der Waals surface area contributed by atoms with E-state index >= 15 is 0 Å². The van der Waals surface area contributed by atoms with E-state index in [2.05, 4.69) is 5.32 Å². The molecule has 0 saturated carbocycles. The van der Waals surface area contributed by atoms with Gasteiger partial charge in [-0.1, -0.05) is 19.1 Å². The lowest BCUT2D eigenvalue weighted by Crippen LogP contribution is -2.40. The predicted molar refractivity (Wildman–Crippen MR) is 118 cm³/mol. The zero-order chi connectivity index (χ0) is 23.1. The van der Waals surface area contributed by atoms with Crippen LogP contribution in [0, 0.1) is 5.82 Å². The van der Waals surface area contributed by atoms with E-state index in [-0.39, 0.29) is 42.6 Å². The third kappa shape index (κ3) is 5.84. The molecule has 32 heavy (non-hydrogen) atoms. The molecule has 0 saturated heterocycles. The summed E-state index contributed by atoms with van der Waals surface area (Å²) >= 11 is 0. The van der Waals surface area contributed by atoms with Crippen LogP contribution in [0.4, 0.5) is 10.1 Å². The molecule has 0 fully saturated rings. The number of fused-ring (bicyclic) bond motifs is 1. The summed E-state index contributed by atoms with van der Waals surface area (Å²) in [6.45, 7) is 3.81. The van der Waals surface area contributed by atoms with Gasteiger partial charge in [0.05, 0.1) is 5.69 Å². The first-order valence-electron chi connectivity index (χ1n) is 10.7. The van der Waals surface area contributed by atoms with Crippen molar-refractivity contribution in [2.45, 2.75) is 39.2 Å². The number of rotatable bonds is 10. The minimum Gasteiger partial charge on any atom is -0.482 e. The molecule has 0 radical (unpaired) electrons. The Morgan fingerprint density at radius 1 is 1.25 bits per heavy atom. The Morgan fingerprint density at radius 3 is 2.78 bits per heavy atom. The van der Waals surface area contributed by atoms with Crippen molar-refractivity contribution in [3.05, 3.63) is 53.8 Å². The van der Waals surface area contributed by atoms with Crippen LogP contribution >= 0.6 is 0 Å². The fourth-order valence-electron chi connectivity index (χ4n) is 3.26. The summed E-state index contributed by atoms with van der Waals surface area (Å²) in [5, 5.41) is 2.90. The second kappa shape index (κ2) is 10.7. The summed E-state index contributed by atoms with van der Waals surface area (Å²) in [5.41, 5.74) is 0.790. The number of anilines is 1. The molecule has 1 heterocycles. The van der Waals surface area contributed by atoms with Gasteiger partial charge in [-0.3, -0.25) is 14.4 Å². The van der Waals surface area contributed by atoms with Gasteiger partial charge in [0.25, 0.3) is 5.91 Å². The summed E-state index contributed by atoms with van der Waals surface area (Å²) in [6, 6.07) is 10.7. The van der Waals surface area contributed by atoms with Crippen molar-refractivity contribution in [3.8, 4) is 11.5 Å². The summed E-state index contributed by atoms with van der Waals surface area (Å²) in [6.07, 6.45) is 1.61. The van der Waals surface area contributed by atoms with E-state index in [1.54, 1.807) is 24.3 Å². The number of ketones is 1.